The molecule has 20 heavy (non-hydrogen) atoms. The standard InChI is InChI=1S/C15H14FN3O/c1-19-15-5-3-2-4-11(15)14(18-19)9-20-10-6-7-13(17)12(16)8-10/h2-8H,9,17H2,1H3. The SMILES string of the molecule is Cn1nc(COc2ccc(N)c(F)c2)c2ccccc21. The Balaban J connectivity index is 1.85. The maximum absolute atomic E-state index is 13.3. The van der Waals surface area contributed by atoms with E-state index in [4.69, 9.17) is 10.5 Å². The Bertz CT molecular complexity index is 767. The average Bonchev–Trinajstić information content (AvgIpc) is 2.78. The Hall–Kier alpha value is -2.56. The number of nitrogens with two attached hydrogens (primary N) is 1. The number of aromatic nitrogens is 2. The van der Waals surface area contributed by atoms with Gasteiger partial charge in [0.2, 0.25) is 0 Å². The van der Waals surface area contributed by atoms with E-state index in [1.165, 1.54) is 12.1 Å². The van der Waals surface area contributed by atoms with E-state index in [2.05, 4.69) is 5.10 Å². The van der Waals surface area contributed by atoms with Crippen LogP contribution in [0.3, 0.4) is 0 Å². The highest BCUT2D eigenvalue weighted by Gasteiger charge is 2.09. The lowest BCUT2D eigenvalue weighted by Crippen LogP contribution is -1.99. The van der Waals surface area contributed by atoms with Crippen molar-refractivity contribution < 1.29 is 9.13 Å². The van der Waals surface area contributed by atoms with Gasteiger partial charge in [-0.1, -0.05) is 18.2 Å². The van der Waals surface area contributed by atoms with Gasteiger partial charge in [-0.3, -0.25) is 4.68 Å². The molecule has 0 fully saturated rings. The summed E-state index contributed by atoms with van der Waals surface area (Å²) < 4.78 is 20.7. The third-order valence-corrected chi connectivity index (χ3v) is 3.18. The number of hydrogen-bond acceptors (Lipinski definition) is 3. The maximum atomic E-state index is 13.3. The number of nitrogens with zero attached hydrogens (tertiary/aromatic N) is 2. The van der Waals surface area contributed by atoms with Crippen molar-refractivity contribution in [3.05, 3.63) is 54.0 Å². The number of aryl methyl sites for hydroxylation is 1. The minimum absolute atomic E-state index is 0.112. The van der Waals surface area contributed by atoms with Crippen molar-refractivity contribution in [2.45, 2.75) is 6.61 Å². The minimum Gasteiger partial charge on any atom is -0.487 e. The molecule has 0 radical (unpaired) electrons. The summed E-state index contributed by atoms with van der Waals surface area (Å²) in [5.74, 6) is -0.0418. The van der Waals surface area contributed by atoms with Crippen LogP contribution in [0.1, 0.15) is 5.69 Å². The Morgan fingerprint density at radius 1 is 1.25 bits per heavy atom. The van der Waals surface area contributed by atoms with E-state index in [1.807, 2.05) is 31.3 Å². The number of nitrogen functional groups attached to an aromatic ring is 1. The van der Waals surface area contributed by atoms with Crippen molar-refractivity contribution in [1.29, 1.82) is 0 Å². The predicted molar refractivity (Wildman–Crippen MR) is 75.9 cm³/mol. The van der Waals surface area contributed by atoms with E-state index in [1.54, 1.807) is 10.7 Å². The summed E-state index contributed by atoms with van der Waals surface area (Å²) in [5, 5.41) is 5.45. The first-order valence-corrected chi connectivity index (χ1v) is 6.23. The normalized spacial score (nSPS) is 10.9. The molecular formula is C15H14FN3O. The third-order valence-electron chi connectivity index (χ3n) is 3.18. The summed E-state index contributed by atoms with van der Waals surface area (Å²) in [4.78, 5) is 0. The van der Waals surface area contributed by atoms with Gasteiger partial charge in [-0.15, -0.1) is 0 Å². The molecule has 2 aromatic carbocycles. The molecule has 0 unspecified atom stereocenters. The second kappa shape index (κ2) is 4.85. The zero-order valence-corrected chi connectivity index (χ0v) is 11.0. The summed E-state index contributed by atoms with van der Waals surface area (Å²) in [5.41, 5.74) is 7.40. The molecule has 102 valence electrons. The topological polar surface area (TPSA) is 53.1 Å². The van der Waals surface area contributed by atoms with Gasteiger partial charge >= 0.3 is 0 Å². The molecule has 0 saturated heterocycles. The van der Waals surface area contributed by atoms with Crippen LogP contribution in [-0.4, -0.2) is 9.78 Å². The smallest absolute Gasteiger partial charge is 0.149 e. The van der Waals surface area contributed by atoms with Gasteiger partial charge in [0.05, 0.1) is 11.2 Å². The summed E-state index contributed by atoms with van der Waals surface area (Å²) >= 11 is 0. The van der Waals surface area contributed by atoms with Crippen molar-refractivity contribution in [3.63, 3.8) is 0 Å². The number of anilines is 1. The molecule has 0 amide bonds. The Morgan fingerprint density at radius 3 is 2.85 bits per heavy atom. The number of benzene rings is 2. The highest BCUT2D eigenvalue weighted by atomic mass is 19.1. The van der Waals surface area contributed by atoms with Crippen molar-refractivity contribution in [2.75, 3.05) is 5.73 Å². The van der Waals surface area contributed by atoms with Crippen LogP contribution in [0.5, 0.6) is 5.75 Å². The first-order chi connectivity index (χ1) is 9.65. The predicted octanol–water partition coefficient (Wildman–Crippen LogP) is 2.87. The van der Waals surface area contributed by atoms with E-state index in [-0.39, 0.29) is 12.3 Å². The number of hydrogen-bond donors (Lipinski definition) is 1. The lowest BCUT2D eigenvalue weighted by molar-refractivity contribution is 0.300. The minimum atomic E-state index is -0.478. The zero-order chi connectivity index (χ0) is 14.1. The molecule has 1 heterocycles. The van der Waals surface area contributed by atoms with Gasteiger partial charge in [0.25, 0.3) is 0 Å². The molecule has 0 atom stereocenters. The van der Waals surface area contributed by atoms with E-state index >= 15 is 0 Å². The highest BCUT2D eigenvalue weighted by molar-refractivity contribution is 5.81. The van der Waals surface area contributed by atoms with Crippen LogP contribution in [0.25, 0.3) is 10.9 Å². The van der Waals surface area contributed by atoms with Crippen LogP contribution in [-0.2, 0) is 13.7 Å². The van der Waals surface area contributed by atoms with Crippen molar-refractivity contribution in [1.82, 2.24) is 9.78 Å². The Labute approximate surface area is 115 Å². The zero-order valence-electron chi connectivity index (χ0n) is 11.0. The number of ether oxygens (including phenoxy) is 1. The molecular weight excluding hydrogens is 257 g/mol. The second-order valence-electron chi connectivity index (χ2n) is 4.56. The molecule has 3 aromatic rings. The molecule has 0 aliphatic heterocycles. The monoisotopic (exact) mass is 271 g/mol. The van der Waals surface area contributed by atoms with Gasteiger partial charge in [0, 0.05) is 18.5 Å². The average molecular weight is 271 g/mol. The summed E-state index contributed by atoms with van der Waals surface area (Å²) in [6, 6.07) is 12.3. The molecule has 2 N–H and O–H groups in total. The number of para-hydroxylation sites is 1. The third kappa shape index (κ3) is 2.18. The molecule has 4 nitrogen and oxygen atoms in total. The fourth-order valence-electron chi connectivity index (χ4n) is 2.14. The van der Waals surface area contributed by atoms with Crippen LogP contribution in [0, 0.1) is 5.82 Å². The lowest BCUT2D eigenvalue weighted by Gasteiger charge is -2.05. The van der Waals surface area contributed by atoms with E-state index in [0.29, 0.717) is 5.75 Å². The molecule has 3 rings (SSSR count). The summed E-state index contributed by atoms with van der Waals surface area (Å²) in [6.45, 7) is 0.282. The molecule has 1 aromatic heterocycles. The Kier molecular flexibility index (Phi) is 3.02. The number of rotatable bonds is 3. The van der Waals surface area contributed by atoms with Crippen molar-refractivity contribution in [2.24, 2.45) is 7.05 Å². The van der Waals surface area contributed by atoms with Crippen LogP contribution < -0.4 is 10.5 Å². The van der Waals surface area contributed by atoms with Crippen molar-refractivity contribution >= 4 is 16.6 Å². The molecule has 0 spiro atoms. The fraction of sp³-hybridized carbons (Fsp3) is 0.133. The van der Waals surface area contributed by atoms with Gasteiger partial charge in [-0.05, 0) is 18.2 Å². The van der Waals surface area contributed by atoms with Crippen LogP contribution in [0.2, 0.25) is 0 Å². The van der Waals surface area contributed by atoms with E-state index < -0.39 is 5.82 Å². The van der Waals surface area contributed by atoms with Gasteiger partial charge in [-0.25, -0.2) is 4.39 Å². The van der Waals surface area contributed by atoms with E-state index in [0.717, 1.165) is 16.6 Å². The van der Waals surface area contributed by atoms with Crippen LogP contribution >= 0.6 is 0 Å². The summed E-state index contributed by atoms with van der Waals surface area (Å²) in [6.07, 6.45) is 0. The van der Waals surface area contributed by atoms with Gasteiger partial charge in [0.1, 0.15) is 23.9 Å². The fourth-order valence-corrected chi connectivity index (χ4v) is 2.14. The molecule has 0 aliphatic carbocycles. The summed E-state index contributed by atoms with van der Waals surface area (Å²) in [7, 11) is 1.88. The first-order valence-electron chi connectivity index (χ1n) is 6.23. The lowest BCUT2D eigenvalue weighted by atomic mass is 10.2. The van der Waals surface area contributed by atoms with Gasteiger partial charge in [0.15, 0.2) is 0 Å². The largest absolute Gasteiger partial charge is 0.487 e. The van der Waals surface area contributed by atoms with Crippen molar-refractivity contribution in [3.8, 4) is 5.75 Å². The molecule has 0 aliphatic rings. The number of halogens is 1. The van der Waals surface area contributed by atoms with Gasteiger partial charge in [-0.2, -0.15) is 5.10 Å². The van der Waals surface area contributed by atoms with Crippen LogP contribution in [0.15, 0.2) is 42.5 Å². The quantitative estimate of drug-likeness (QED) is 0.745. The maximum Gasteiger partial charge on any atom is 0.149 e. The molecule has 5 heteroatoms. The number of fused-ring (bicyclic) bond motifs is 1. The first kappa shape index (κ1) is 12.5. The molecule has 0 saturated carbocycles. The highest BCUT2D eigenvalue weighted by Crippen LogP contribution is 2.21. The van der Waals surface area contributed by atoms with Crippen LogP contribution in [0.4, 0.5) is 10.1 Å². The molecule has 0 bridgehead atoms. The van der Waals surface area contributed by atoms with Gasteiger partial charge < -0.3 is 10.5 Å². The second-order valence-corrected chi connectivity index (χ2v) is 4.56. The Morgan fingerprint density at radius 2 is 2.05 bits per heavy atom. The van der Waals surface area contributed by atoms with E-state index in [9.17, 15) is 4.39 Å².